The molecule has 4 aromatic rings. The van der Waals surface area contributed by atoms with Crippen LogP contribution >= 0.6 is 0 Å². The van der Waals surface area contributed by atoms with Gasteiger partial charge in [-0.05, 0) is 29.7 Å². The van der Waals surface area contributed by atoms with Crippen molar-refractivity contribution < 1.29 is 0 Å². The predicted octanol–water partition coefficient (Wildman–Crippen LogP) is 2.92. The Morgan fingerprint density at radius 2 is 2.04 bits per heavy atom. The van der Waals surface area contributed by atoms with Crippen LogP contribution in [0.5, 0.6) is 0 Å². The molecule has 0 unspecified atom stereocenters. The molecule has 0 spiro atoms. The molecule has 7 heteroatoms. The van der Waals surface area contributed by atoms with E-state index in [0.29, 0.717) is 5.95 Å². The van der Waals surface area contributed by atoms with Gasteiger partial charge in [0.25, 0.3) is 5.95 Å². The number of nitrogens with one attached hydrogen (secondary N) is 1. The number of nitrogen functional groups attached to an aromatic ring is 1. The van der Waals surface area contributed by atoms with Crippen molar-refractivity contribution in [3.8, 4) is 11.1 Å². The first-order valence-electron chi connectivity index (χ1n) is 8.40. The first-order chi connectivity index (χ1) is 12.8. The van der Waals surface area contributed by atoms with Crippen LogP contribution in [-0.2, 0) is 6.42 Å². The third-order valence-electron chi connectivity index (χ3n) is 4.29. The molecule has 0 saturated carbocycles. The third kappa shape index (κ3) is 2.90. The highest BCUT2D eigenvalue weighted by atomic mass is 15.5. The van der Waals surface area contributed by atoms with Crippen LogP contribution in [0.15, 0.2) is 66.2 Å². The lowest BCUT2D eigenvalue weighted by Crippen LogP contribution is -2.10. The molecule has 0 aliphatic rings. The first kappa shape index (κ1) is 15.9. The number of pyridine rings is 1. The lowest BCUT2D eigenvalue weighted by atomic mass is 10.1. The molecule has 0 fully saturated rings. The van der Waals surface area contributed by atoms with Crippen LogP contribution in [0, 0.1) is 0 Å². The van der Waals surface area contributed by atoms with E-state index in [1.807, 2.05) is 18.2 Å². The standard InChI is InChI=1S/C19H19N7/c1-2-14-8-9-16-10-17(15-6-4-3-5-7-15)18(25(16)12-14)11-21-23-19-24-22-13-26(19)20/h3-13H,2,20H2,1H3,(H,23,24). The molecule has 0 aliphatic carbocycles. The molecule has 0 atom stereocenters. The minimum atomic E-state index is 0.373. The Bertz CT molecular complexity index is 1060. The molecule has 7 nitrogen and oxygen atoms in total. The van der Waals surface area contributed by atoms with Crippen LogP contribution in [0.4, 0.5) is 5.95 Å². The normalized spacial score (nSPS) is 11.4. The monoisotopic (exact) mass is 345 g/mol. The number of hydrogen-bond donors (Lipinski definition) is 2. The average Bonchev–Trinajstić information content (AvgIpc) is 3.26. The fourth-order valence-corrected chi connectivity index (χ4v) is 2.90. The zero-order valence-electron chi connectivity index (χ0n) is 14.4. The van der Waals surface area contributed by atoms with Crippen LogP contribution in [-0.4, -0.2) is 25.5 Å². The molecule has 0 amide bonds. The first-order valence-corrected chi connectivity index (χ1v) is 8.40. The van der Waals surface area contributed by atoms with Crippen LogP contribution in [0.3, 0.4) is 0 Å². The number of hydrazone groups is 1. The molecular weight excluding hydrogens is 326 g/mol. The minimum Gasteiger partial charge on any atom is -0.335 e. The van der Waals surface area contributed by atoms with Crippen LogP contribution in [0.2, 0.25) is 0 Å². The van der Waals surface area contributed by atoms with Crippen molar-refractivity contribution >= 4 is 17.7 Å². The Hall–Kier alpha value is -3.61. The van der Waals surface area contributed by atoms with Crippen molar-refractivity contribution in [2.45, 2.75) is 13.3 Å². The average molecular weight is 345 g/mol. The summed E-state index contributed by atoms with van der Waals surface area (Å²) in [5, 5.41) is 11.9. The second-order valence-electron chi connectivity index (χ2n) is 5.93. The molecule has 4 rings (SSSR count). The zero-order valence-corrected chi connectivity index (χ0v) is 14.4. The van der Waals surface area contributed by atoms with Gasteiger partial charge in [-0.2, -0.15) is 5.10 Å². The Balaban J connectivity index is 1.80. The van der Waals surface area contributed by atoms with Crippen LogP contribution in [0.1, 0.15) is 18.2 Å². The van der Waals surface area contributed by atoms with Crippen molar-refractivity contribution in [3.05, 3.63) is 72.3 Å². The number of aromatic nitrogens is 4. The predicted molar refractivity (Wildman–Crippen MR) is 104 cm³/mol. The molecule has 0 saturated heterocycles. The summed E-state index contributed by atoms with van der Waals surface area (Å²) in [7, 11) is 0. The summed E-state index contributed by atoms with van der Waals surface area (Å²) in [6, 6.07) is 16.7. The number of anilines is 1. The van der Waals surface area contributed by atoms with Gasteiger partial charge in [0.1, 0.15) is 6.33 Å². The van der Waals surface area contributed by atoms with Crippen LogP contribution in [0.25, 0.3) is 16.6 Å². The summed E-state index contributed by atoms with van der Waals surface area (Å²) in [5.41, 5.74) is 8.43. The van der Waals surface area contributed by atoms with E-state index in [0.717, 1.165) is 28.8 Å². The van der Waals surface area contributed by atoms with Crippen molar-refractivity contribution in [2.24, 2.45) is 5.10 Å². The van der Waals surface area contributed by atoms with Gasteiger partial charge in [-0.25, -0.2) is 10.1 Å². The summed E-state index contributed by atoms with van der Waals surface area (Å²) >= 11 is 0. The zero-order chi connectivity index (χ0) is 17.9. The molecule has 1 aromatic carbocycles. The second-order valence-corrected chi connectivity index (χ2v) is 5.93. The molecule has 3 aromatic heterocycles. The topological polar surface area (TPSA) is 85.5 Å². The maximum absolute atomic E-state index is 5.70. The van der Waals surface area contributed by atoms with Gasteiger partial charge < -0.3 is 10.2 Å². The fraction of sp³-hybridized carbons (Fsp3) is 0.105. The largest absolute Gasteiger partial charge is 0.335 e. The molecule has 130 valence electrons. The minimum absolute atomic E-state index is 0.373. The van der Waals surface area contributed by atoms with Crippen molar-refractivity contribution in [1.29, 1.82) is 0 Å². The summed E-state index contributed by atoms with van der Waals surface area (Å²) in [5.74, 6) is 6.07. The maximum atomic E-state index is 5.70. The molecule has 0 aliphatic heterocycles. The maximum Gasteiger partial charge on any atom is 0.263 e. The van der Waals surface area contributed by atoms with E-state index in [1.54, 1.807) is 6.21 Å². The molecule has 26 heavy (non-hydrogen) atoms. The van der Waals surface area contributed by atoms with Gasteiger partial charge in [0, 0.05) is 17.3 Å². The third-order valence-corrected chi connectivity index (χ3v) is 4.29. The van der Waals surface area contributed by atoms with Crippen molar-refractivity contribution in [2.75, 3.05) is 11.3 Å². The summed E-state index contributed by atoms with van der Waals surface area (Å²) in [4.78, 5) is 0. The van der Waals surface area contributed by atoms with Gasteiger partial charge in [-0.1, -0.05) is 43.3 Å². The molecule has 0 radical (unpaired) electrons. The van der Waals surface area contributed by atoms with Gasteiger partial charge in [-0.3, -0.25) is 0 Å². The number of nitrogens with two attached hydrogens (primary N) is 1. The molecular formula is C19H19N7. The number of aryl methyl sites for hydroxylation is 1. The smallest absolute Gasteiger partial charge is 0.263 e. The number of fused-ring (bicyclic) bond motifs is 1. The van der Waals surface area contributed by atoms with Gasteiger partial charge in [0.05, 0.1) is 11.9 Å². The summed E-state index contributed by atoms with van der Waals surface area (Å²) in [6.45, 7) is 2.15. The van der Waals surface area contributed by atoms with E-state index in [4.69, 9.17) is 5.84 Å². The van der Waals surface area contributed by atoms with E-state index in [1.165, 1.54) is 16.6 Å². The fourth-order valence-electron chi connectivity index (χ4n) is 2.90. The molecule has 0 bridgehead atoms. The van der Waals surface area contributed by atoms with E-state index in [9.17, 15) is 0 Å². The van der Waals surface area contributed by atoms with Gasteiger partial charge in [0.2, 0.25) is 0 Å². The quantitative estimate of drug-likeness (QED) is 0.331. The SMILES string of the molecule is CCc1ccc2cc(-c3ccccc3)c(C=NNc3nncn3N)n2c1. The highest BCUT2D eigenvalue weighted by molar-refractivity contribution is 5.92. The highest BCUT2D eigenvalue weighted by Gasteiger charge is 2.11. The Morgan fingerprint density at radius 3 is 2.77 bits per heavy atom. The van der Waals surface area contributed by atoms with Crippen molar-refractivity contribution in [3.63, 3.8) is 0 Å². The Morgan fingerprint density at radius 1 is 1.19 bits per heavy atom. The highest BCUT2D eigenvalue weighted by Crippen LogP contribution is 2.27. The van der Waals surface area contributed by atoms with E-state index >= 15 is 0 Å². The van der Waals surface area contributed by atoms with Gasteiger partial charge in [0.15, 0.2) is 0 Å². The van der Waals surface area contributed by atoms with E-state index in [2.05, 4.69) is 68.6 Å². The second kappa shape index (κ2) is 6.72. The van der Waals surface area contributed by atoms with Gasteiger partial charge in [-0.15, -0.1) is 10.2 Å². The summed E-state index contributed by atoms with van der Waals surface area (Å²) < 4.78 is 3.43. The lowest BCUT2D eigenvalue weighted by Gasteiger charge is -2.04. The van der Waals surface area contributed by atoms with Gasteiger partial charge >= 0.3 is 0 Å². The Labute approximate surface area is 150 Å². The Kier molecular flexibility index (Phi) is 4.10. The summed E-state index contributed by atoms with van der Waals surface area (Å²) in [6.07, 6.45) is 6.31. The number of rotatable bonds is 5. The van der Waals surface area contributed by atoms with E-state index < -0.39 is 0 Å². The molecule has 3 heterocycles. The lowest BCUT2D eigenvalue weighted by molar-refractivity contribution is 0.988. The van der Waals surface area contributed by atoms with Crippen molar-refractivity contribution in [1.82, 2.24) is 19.3 Å². The van der Waals surface area contributed by atoms with E-state index in [-0.39, 0.29) is 0 Å². The van der Waals surface area contributed by atoms with Crippen LogP contribution < -0.4 is 11.3 Å². The number of nitrogens with zero attached hydrogens (tertiary/aromatic N) is 5. The number of benzene rings is 1. The molecule has 3 N–H and O–H groups in total. The number of hydrogen-bond acceptors (Lipinski definition) is 5.